The summed E-state index contributed by atoms with van der Waals surface area (Å²) in [6.45, 7) is 5.87. The highest BCUT2D eigenvalue weighted by Gasteiger charge is 2.26. The van der Waals surface area contributed by atoms with Crippen molar-refractivity contribution < 1.29 is 13.9 Å². The predicted molar refractivity (Wildman–Crippen MR) is 84.0 cm³/mol. The zero-order chi connectivity index (χ0) is 15.5. The van der Waals surface area contributed by atoms with Crippen molar-refractivity contribution in [1.29, 1.82) is 0 Å². The number of urea groups is 1. The van der Waals surface area contributed by atoms with Crippen LogP contribution in [0.3, 0.4) is 0 Å². The van der Waals surface area contributed by atoms with Gasteiger partial charge in [0.15, 0.2) is 11.5 Å². The van der Waals surface area contributed by atoms with Crippen molar-refractivity contribution in [1.82, 2.24) is 9.88 Å². The van der Waals surface area contributed by atoms with E-state index in [1.54, 1.807) is 0 Å². The van der Waals surface area contributed by atoms with Gasteiger partial charge < -0.3 is 19.4 Å². The van der Waals surface area contributed by atoms with Gasteiger partial charge in [0.2, 0.25) is 0 Å². The van der Waals surface area contributed by atoms with Crippen LogP contribution in [-0.2, 0) is 11.2 Å². The fourth-order valence-electron chi connectivity index (χ4n) is 2.66. The Morgan fingerprint density at radius 3 is 3.09 bits per heavy atom. The van der Waals surface area contributed by atoms with Crippen LogP contribution in [0.2, 0.25) is 0 Å². The number of amides is 2. The topological polar surface area (TPSA) is 67.6 Å². The lowest BCUT2D eigenvalue weighted by Gasteiger charge is -2.34. The Balaban J connectivity index is 1.75. The molecule has 1 aromatic heterocycles. The first kappa shape index (κ1) is 14.8. The summed E-state index contributed by atoms with van der Waals surface area (Å²) in [7, 11) is 0. The van der Waals surface area contributed by atoms with Crippen LogP contribution in [-0.4, -0.2) is 41.7 Å². The molecular weight excluding hydrogens is 282 g/mol. The number of rotatable bonds is 3. The van der Waals surface area contributed by atoms with Crippen molar-refractivity contribution in [2.24, 2.45) is 0 Å². The zero-order valence-corrected chi connectivity index (χ0v) is 13.0. The lowest BCUT2D eigenvalue weighted by Crippen LogP contribution is -2.50. The number of hydrogen-bond acceptors (Lipinski definition) is 4. The summed E-state index contributed by atoms with van der Waals surface area (Å²) in [6.07, 6.45) is 1.64. The van der Waals surface area contributed by atoms with Crippen LogP contribution in [0.1, 0.15) is 26.2 Å². The molecule has 2 amide bonds. The fourth-order valence-corrected chi connectivity index (χ4v) is 2.66. The van der Waals surface area contributed by atoms with Crippen LogP contribution >= 0.6 is 0 Å². The SMILES string of the molecule is CCc1nc2cc(NC(=O)N3CCOC[C@@H]3CC)ccc2o1. The highest BCUT2D eigenvalue weighted by molar-refractivity contribution is 5.91. The molecule has 0 saturated carbocycles. The molecule has 0 unspecified atom stereocenters. The molecular formula is C16H21N3O3. The summed E-state index contributed by atoms with van der Waals surface area (Å²) in [6, 6.07) is 5.57. The largest absolute Gasteiger partial charge is 0.441 e. The summed E-state index contributed by atoms with van der Waals surface area (Å²) in [5.41, 5.74) is 2.24. The molecule has 118 valence electrons. The first-order valence-corrected chi connectivity index (χ1v) is 7.76. The van der Waals surface area contributed by atoms with Crippen LogP contribution in [0.25, 0.3) is 11.1 Å². The molecule has 0 bridgehead atoms. The smallest absolute Gasteiger partial charge is 0.322 e. The molecule has 0 spiro atoms. The van der Waals surface area contributed by atoms with Crippen molar-refractivity contribution >= 4 is 22.8 Å². The maximum Gasteiger partial charge on any atom is 0.322 e. The number of hydrogen-bond donors (Lipinski definition) is 1. The molecule has 1 saturated heterocycles. The average Bonchev–Trinajstić information content (AvgIpc) is 2.97. The lowest BCUT2D eigenvalue weighted by atomic mass is 10.2. The number of benzene rings is 1. The van der Waals surface area contributed by atoms with Gasteiger partial charge in [0.25, 0.3) is 0 Å². The van der Waals surface area contributed by atoms with Gasteiger partial charge in [0.1, 0.15) is 5.52 Å². The molecule has 0 aliphatic carbocycles. The first-order chi connectivity index (χ1) is 10.7. The molecule has 22 heavy (non-hydrogen) atoms. The van der Waals surface area contributed by atoms with Crippen LogP contribution in [0.5, 0.6) is 0 Å². The van der Waals surface area contributed by atoms with Gasteiger partial charge in [0, 0.05) is 18.7 Å². The van der Waals surface area contributed by atoms with E-state index >= 15 is 0 Å². The minimum absolute atomic E-state index is 0.0892. The van der Waals surface area contributed by atoms with E-state index in [2.05, 4.69) is 17.2 Å². The van der Waals surface area contributed by atoms with Crippen molar-refractivity contribution in [3.63, 3.8) is 0 Å². The summed E-state index contributed by atoms with van der Waals surface area (Å²) in [5, 5.41) is 2.95. The number of nitrogens with one attached hydrogen (secondary N) is 1. The standard InChI is InChI=1S/C16H21N3O3/c1-3-12-10-21-8-7-19(12)16(20)17-11-5-6-14-13(9-11)18-15(4-2)22-14/h5-6,9,12H,3-4,7-8,10H2,1-2H3,(H,17,20)/t12-/m0/s1. The van der Waals surface area contributed by atoms with Crippen molar-refractivity contribution in [2.75, 3.05) is 25.1 Å². The van der Waals surface area contributed by atoms with Crippen LogP contribution < -0.4 is 5.32 Å². The van der Waals surface area contributed by atoms with Crippen molar-refractivity contribution in [2.45, 2.75) is 32.7 Å². The second-order valence-electron chi connectivity index (χ2n) is 5.40. The van der Waals surface area contributed by atoms with Crippen LogP contribution in [0, 0.1) is 0 Å². The third kappa shape index (κ3) is 2.92. The first-order valence-electron chi connectivity index (χ1n) is 7.76. The van der Waals surface area contributed by atoms with Crippen molar-refractivity contribution in [3.05, 3.63) is 24.1 Å². The quantitative estimate of drug-likeness (QED) is 0.946. The van der Waals surface area contributed by atoms with E-state index in [1.807, 2.05) is 30.0 Å². The molecule has 6 heteroatoms. The molecule has 2 heterocycles. The van der Waals surface area contributed by atoms with Crippen LogP contribution in [0.15, 0.2) is 22.6 Å². The third-order valence-corrected chi connectivity index (χ3v) is 3.95. The molecule has 1 aromatic carbocycles. The zero-order valence-electron chi connectivity index (χ0n) is 13.0. The fraction of sp³-hybridized carbons (Fsp3) is 0.500. The van der Waals surface area contributed by atoms with E-state index in [0.29, 0.717) is 25.6 Å². The summed E-state index contributed by atoms with van der Waals surface area (Å²) in [4.78, 5) is 18.7. The van der Waals surface area contributed by atoms with Gasteiger partial charge in [-0.2, -0.15) is 0 Å². The predicted octanol–water partition coefficient (Wildman–Crippen LogP) is 3.03. The Morgan fingerprint density at radius 2 is 2.32 bits per heavy atom. The van der Waals surface area contributed by atoms with E-state index in [0.717, 1.165) is 29.6 Å². The van der Waals surface area contributed by atoms with E-state index in [1.165, 1.54) is 0 Å². The average molecular weight is 303 g/mol. The number of aromatic nitrogens is 1. The molecule has 1 N–H and O–H groups in total. The summed E-state index contributed by atoms with van der Waals surface area (Å²) in [5.74, 6) is 0.706. The Morgan fingerprint density at radius 1 is 1.45 bits per heavy atom. The second kappa shape index (κ2) is 6.36. The molecule has 1 atom stereocenters. The Kier molecular flexibility index (Phi) is 4.29. The number of nitrogens with zero attached hydrogens (tertiary/aromatic N) is 2. The maximum absolute atomic E-state index is 12.4. The number of ether oxygens (including phenoxy) is 1. The van der Waals surface area contributed by atoms with Crippen LogP contribution in [0.4, 0.5) is 10.5 Å². The monoisotopic (exact) mass is 303 g/mol. The summed E-state index contributed by atoms with van der Waals surface area (Å²) < 4.78 is 11.0. The highest BCUT2D eigenvalue weighted by atomic mass is 16.5. The molecule has 6 nitrogen and oxygen atoms in total. The van der Waals surface area contributed by atoms with Gasteiger partial charge in [-0.25, -0.2) is 9.78 Å². The minimum Gasteiger partial charge on any atom is -0.441 e. The number of morpholine rings is 1. The molecule has 3 rings (SSSR count). The Hall–Kier alpha value is -2.08. The van der Waals surface area contributed by atoms with E-state index in [9.17, 15) is 4.79 Å². The van der Waals surface area contributed by atoms with Crippen molar-refractivity contribution in [3.8, 4) is 0 Å². The minimum atomic E-state index is -0.0892. The number of carbonyl (C=O) groups excluding carboxylic acids is 1. The van der Waals surface area contributed by atoms with E-state index in [4.69, 9.17) is 9.15 Å². The normalized spacial score (nSPS) is 18.6. The number of carbonyl (C=O) groups is 1. The molecule has 1 aliphatic heterocycles. The number of aryl methyl sites for hydroxylation is 1. The van der Waals surface area contributed by atoms with Gasteiger partial charge in [-0.3, -0.25) is 0 Å². The van der Waals surface area contributed by atoms with Gasteiger partial charge in [-0.1, -0.05) is 13.8 Å². The van der Waals surface area contributed by atoms with Gasteiger partial charge in [0.05, 0.1) is 19.3 Å². The van der Waals surface area contributed by atoms with E-state index in [-0.39, 0.29) is 12.1 Å². The number of fused-ring (bicyclic) bond motifs is 1. The number of anilines is 1. The molecule has 0 radical (unpaired) electrons. The van der Waals surface area contributed by atoms with Gasteiger partial charge in [-0.15, -0.1) is 0 Å². The third-order valence-electron chi connectivity index (χ3n) is 3.95. The van der Waals surface area contributed by atoms with Gasteiger partial charge >= 0.3 is 6.03 Å². The maximum atomic E-state index is 12.4. The molecule has 1 aliphatic rings. The lowest BCUT2D eigenvalue weighted by molar-refractivity contribution is 0.0144. The molecule has 2 aromatic rings. The Labute approximate surface area is 129 Å². The Bertz CT molecular complexity index is 668. The highest BCUT2D eigenvalue weighted by Crippen LogP contribution is 2.21. The molecule has 1 fully saturated rings. The van der Waals surface area contributed by atoms with Gasteiger partial charge in [-0.05, 0) is 24.6 Å². The second-order valence-corrected chi connectivity index (χ2v) is 5.40. The summed E-state index contributed by atoms with van der Waals surface area (Å²) >= 11 is 0. The number of oxazole rings is 1. The van der Waals surface area contributed by atoms with E-state index < -0.39 is 0 Å².